The van der Waals surface area contributed by atoms with Crippen LogP contribution in [0.3, 0.4) is 0 Å². The maximum Gasteiger partial charge on any atom is 0.0595 e. The lowest BCUT2D eigenvalue weighted by Crippen LogP contribution is -2.15. The van der Waals surface area contributed by atoms with Gasteiger partial charge in [-0.15, -0.1) is 0 Å². The predicted molar refractivity (Wildman–Crippen MR) is 62.0 cm³/mol. The third-order valence-electron chi connectivity index (χ3n) is 1.60. The van der Waals surface area contributed by atoms with Crippen molar-refractivity contribution in [3.63, 3.8) is 0 Å². The van der Waals surface area contributed by atoms with Crippen LogP contribution in [0.1, 0.15) is 5.56 Å². The van der Waals surface area contributed by atoms with Gasteiger partial charge in [0.2, 0.25) is 0 Å². The van der Waals surface area contributed by atoms with Crippen molar-refractivity contribution < 1.29 is 0 Å². The highest BCUT2D eigenvalue weighted by Gasteiger charge is 1.98. The van der Waals surface area contributed by atoms with E-state index < -0.39 is 0 Å². The number of rotatable bonds is 4. The summed E-state index contributed by atoms with van der Waals surface area (Å²) in [6.45, 7) is 1.70. The summed E-state index contributed by atoms with van der Waals surface area (Å²) in [5.41, 5.74) is 1.14. The normalized spacial score (nSPS) is 10.4. The topological polar surface area (TPSA) is 12.0 Å². The molecule has 0 saturated heterocycles. The minimum absolute atomic E-state index is 0.597. The van der Waals surface area contributed by atoms with Crippen molar-refractivity contribution in [2.24, 2.45) is 0 Å². The third kappa shape index (κ3) is 3.77. The average molecular weight is 236 g/mol. The van der Waals surface area contributed by atoms with E-state index in [-0.39, 0.29) is 0 Å². The molecule has 0 aliphatic rings. The fourth-order valence-electron chi connectivity index (χ4n) is 0.961. The Kier molecular flexibility index (Phi) is 4.96. The summed E-state index contributed by atoms with van der Waals surface area (Å²) < 4.78 is 0. The molecule has 0 unspecified atom stereocenters. The number of halogens is 2. The molecule has 1 aromatic rings. The zero-order valence-corrected chi connectivity index (χ0v) is 9.46. The van der Waals surface area contributed by atoms with E-state index in [2.05, 4.69) is 17.9 Å². The Balaban J connectivity index is 2.53. The van der Waals surface area contributed by atoms with Crippen LogP contribution in [-0.2, 0) is 6.54 Å². The van der Waals surface area contributed by atoms with E-state index in [0.717, 1.165) is 24.4 Å². The second-order valence-electron chi connectivity index (χ2n) is 2.65. The summed E-state index contributed by atoms with van der Waals surface area (Å²) in [6.07, 6.45) is 0. The summed E-state index contributed by atoms with van der Waals surface area (Å²) in [6, 6.07) is 5.64. The van der Waals surface area contributed by atoms with E-state index in [1.807, 2.05) is 18.2 Å². The highest BCUT2D eigenvalue weighted by molar-refractivity contribution is 7.80. The summed E-state index contributed by atoms with van der Waals surface area (Å²) in [4.78, 5) is 0. The van der Waals surface area contributed by atoms with Crippen LogP contribution in [0.2, 0.25) is 10.0 Å². The molecular formula is C9H11Cl2NS. The molecule has 1 aromatic carbocycles. The Labute approximate surface area is 93.8 Å². The van der Waals surface area contributed by atoms with Gasteiger partial charge in [-0.3, -0.25) is 0 Å². The van der Waals surface area contributed by atoms with Crippen molar-refractivity contribution in [2.75, 3.05) is 12.3 Å². The van der Waals surface area contributed by atoms with Crippen molar-refractivity contribution in [1.82, 2.24) is 5.32 Å². The first-order chi connectivity index (χ1) is 6.24. The molecule has 0 heterocycles. The number of thiol groups is 1. The van der Waals surface area contributed by atoms with E-state index in [4.69, 9.17) is 23.2 Å². The van der Waals surface area contributed by atoms with Crippen molar-refractivity contribution in [3.8, 4) is 0 Å². The van der Waals surface area contributed by atoms with E-state index >= 15 is 0 Å². The average Bonchev–Trinajstić information content (AvgIpc) is 2.12. The van der Waals surface area contributed by atoms with Gasteiger partial charge in [0.15, 0.2) is 0 Å². The fraction of sp³-hybridized carbons (Fsp3) is 0.333. The van der Waals surface area contributed by atoms with Crippen LogP contribution in [0.25, 0.3) is 0 Å². The maximum absolute atomic E-state index is 5.85. The van der Waals surface area contributed by atoms with Gasteiger partial charge < -0.3 is 5.32 Å². The first-order valence-electron chi connectivity index (χ1n) is 3.99. The number of hydrogen-bond donors (Lipinski definition) is 2. The quantitative estimate of drug-likeness (QED) is 0.605. The van der Waals surface area contributed by atoms with Gasteiger partial charge in [-0.05, 0) is 17.7 Å². The molecule has 0 bridgehead atoms. The Hall–Kier alpha value is 0.110. The Morgan fingerprint density at radius 3 is 2.62 bits per heavy atom. The van der Waals surface area contributed by atoms with Gasteiger partial charge in [0.1, 0.15) is 0 Å². The van der Waals surface area contributed by atoms with Gasteiger partial charge in [-0.1, -0.05) is 29.3 Å². The molecule has 13 heavy (non-hydrogen) atoms. The predicted octanol–water partition coefficient (Wildman–Crippen LogP) is 3.01. The highest BCUT2D eigenvalue weighted by Crippen LogP contribution is 2.22. The Morgan fingerprint density at radius 2 is 2.00 bits per heavy atom. The van der Waals surface area contributed by atoms with Crippen LogP contribution in [0.15, 0.2) is 18.2 Å². The number of benzene rings is 1. The monoisotopic (exact) mass is 235 g/mol. The molecule has 0 spiro atoms. The van der Waals surface area contributed by atoms with E-state index in [1.54, 1.807) is 0 Å². The van der Waals surface area contributed by atoms with Gasteiger partial charge in [0, 0.05) is 18.8 Å². The van der Waals surface area contributed by atoms with Crippen LogP contribution in [0.4, 0.5) is 0 Å². The van der Waals surface area contributed by atoms with Gasteiger partial charge >= 0.3 is 0 Å². The molecule has 1 nitrogen and oxygen atoms in total. The largest absolute Gasteiger partial charge is 0.312 e. The Bertz CT molecular complexity index is 278. The number of hydrogen-bond acceptors (Lipinski definition) is 2. The van der Waals surface area contributed by atoms with Crippen molar-refractivity contribution >= 4 is 35.8 Å². The summed E-state index contributed by atoms with van der Waals surface area (Å²) in [5, 5.41) is 4.42. The minimum Gasteiger partial charge on any atom is -0.312 e. The van der Waals surface area contributed by atoms with Crippen LogP contribution < -0.4 is 5.32 Å². The van der Waals surface area contributed by atoms with E-state index in [9.17, 15) is 0 Å². The fourth-order valence-corrected chi connectivity index (χ4v) is 1.44. The lowest BCUT2D eigenvalue weighted by atomic mass is 10.2. The Morgan fingerprint density at radius 1 is 1.23 bits per heavy atom. The van der Waals surface area contributed by atoms with Gasteiger partial charge in [-0.2, -0.15) is 12.6 Å². The second-order valence-corrected chi connectivity index (χ2v) is 3.91. The van der Waals surface area contributed by atoms with Gasteiger partial charge in [0.05, 0.1) is 10.0 Å². The van der Waals surface area contributed by atoms with Crippen LogP contribution in [-0.4, -0.2) is 12.3 Å². The van der Waals surface area contributed by atoms with Gasteiger partial charge in [0.25, 0.3) is 0 Å². The zero-order chi connectivity index (χ0) is 9.68. The molecule has 0 atom stereocenters. The highest BCUT2D eigenvalue weighted by atomic mass is 35.5. The van der Waals surface area contributed by atoms with Crippen LogP contribution in [0, 0.1) is 0 Å². The standard InChI is InChI=1S/C9H11Cl2NS/c10-8-2-1-7(5-9(8)11)6-12-3-4-13/h1-2,5,12-13H,3-4,6H2. The van der Waals surface area contributed by atoms with Crippen molar-refractivity contribution in [1.29, 1.82) is 0 Å². The van der Waals surface area contributed by atoms with Crippen molar-refractivity contribution in [3.05, 3.63) is 33.8 Å². The SMILES string of the molecule is SCCNCc1ccc(Cl)c(Cl)c1. The molecule has 0 fully saturated rings. The second kappa shape index (κ2) is 5.76. The molecule has 4 heteroatoms. The van der Waals surface area contributed by atoms with Crippen LogP contribution in [0.5, 0.6) is 0 Å². The first kappa shape index (κ1) is 11.2. The van der Waals surface area contributed by atoms with E-state index in [1.165, 1.54) is 0 Å². The molecule has 0 aromatic heterocycles. The van der Waals surface area contributed by atoms with E-state index in [0.29, 0.717) is 10.0 Å². The molecular weight excluding hydrogens is 225 g/mol. The molecule has 0 radical (unpaired) electrons. The lowest BCUT2D eigenvalue weighted by Gasteiger charge is -2.04. The van der Waals surface area contributed by atoms with Gasteiger partial charge in [-0.25, -0.2) is 0 Å². The van der Waals surface area contributed by atoms with Crippen LogP contribution >= 0.6 is 35.8 Å². The molecule has 1 N–H and O–H groups in total. The summed E-state index contributed by atoms with van der Waals surface area (Å²) in [5.74, 6) is 0.835. The third-order valence-corrected chi connectivity index (χ3v) is 2.56. The molecule has 0 aliphatic heterocycles. The smallest absolute Gasteiger partial charge is 0.0595 e. The molecule has 0 saturated carbocycles. The first-order valence-corrected chi connectivity index (χ1v) is 5.38. The molecule has 0 amide bonds. The maximum atomic E-state index is 5.85. The molecule has 72 valence electrons. The zero-order valence-electron chi connectivity index (χ0n) is 7.06. The molecule has 0 aliphatic carbocycles. The van der Waals surface area contributed by atoms with Crippen molar-refractivity contribution in [2.45, 2.75) is 6.54 Å². The minimum atomic E-state index is 0.597. The number of nitrogens with one attached hydrogen (secondary N) is 1. The lowest BCUT2D eigenvalue weighted by molar-refractivity contribution is 0.733. The molecule has 1 rings (SSSR count). The summed E-state index contributed by atoms with van der Waals surface area (Å²) >= 11 is 15.7. The summed E-state index contributed by atoms with van der Waals surface area (Å²) in [7, 11) is 0.